The van der Waals surface area contributed by atoms with Gasteiger partial charge in [0.25, 0.3) is 0 Å². The van der Waals surface area contributed by atoms with Gasteiger partial charge in [-0.3, -0.25) is 4.79 Å². The molecule has 1 nitrogen and oxygen atoms in total. The second-order valence-electron chi connectivity index (χ2n) is 5.29. The Kier molecular flexibility index (Phi) is 2.18. The molecular weight excluding hydrogens is 191 g/mol. The fraction of sp³-hybridized carbons (Fsp3) is 0.462. The molecule has 1 aliphatic carbocycles. The van der Waals surface area contributed by atoms with Crippen LogP contribution < -0.4 is 0 Å². The Hall–Kier alpha value is -1.18. The molecule has 0 aromatic heterocycles. The number of carbonyl (C=O) groups is 1. The van der Waals surface area contributed by atoms with Crippen LogP contribution in [0.3, 0.4) is 0 Å². The minimum Gasteiger partial charge on any atom is -0.299 e. The number of halogens is 1. The number of hydrogen-bond acceptors (Lipinski definition) is 1. The molecule has 15 heavy (non-hydrogen) atoms. The highest BCUT2D eigenvalue weighted by molar-refractivity contribution is 5.93. The summed E-state index contributed by atoms with van der Waals surface area (Å²) in [5.74, 6) is -0.191. The maximum absolute atomic E-state index is 13.1. The van der Waals surface area contributed by atoms with Gasteiger partial charge in [0, 0.05) is 12.3 Å². The molecule has 0 N–H and O–H groups in total. The Morgan fingerprint density at radius 3 is 2.60 bits per heavy atom. The second kappa shape index (κ2) is 3.16. The van der Waals surface area contributed by atoms with Crippen LogP contribution in [0.25, 0.3) is 0 Å². The number of Topliss-reactive ketones (excluding diaryl/α,β-unsaturated/α-hetero) is 1. The van der Waals surface area contributed by atoms with Gasteiger partial charge in [0.1, 0.15) is 11.6 Å². The summed E-state index contributed by atoms with van der Waals surface area (Å²) < 4.78 is 13.1. The van der Waals surface area contributed by atoms with E-state index in [1.807, 2.05) is 20.8 Å². The molecule has 0 saturated carbocycles. The van der Waals surface area contributed by atoms with Gasteiger partial charge in [0.05, 0.1) is 0 Å². The van der Waals surface area contributed by atoms with E-state index in [-0.39, 0.29) is 22.9 Å². The standard InChI is InChI=1S/C13H15FO/c1-13(2,3)12-10-7-9(14)5-4-8(10)6-11(12)15/h4-5,7,12H,6H2,1-3H3. The van der Waals surface area contributed by atoms with Crippen molar-refractivity contribution in [3.8, 4) is 0 Å². The normalized spacial score (nSPS) is 20.5. The number of rotatable bonds is 0. The number of fused-ring (bicyclic) bond motifs is 1. The number of hydrogen-bond donors (Lipinski definition) is 0. The maximum Gasteiger partial charge on any atom is 0.145 e. The van der Waals surface area contributed by atoms with Gasteiger partial charge in [-0.1, -0.05) is 26.8 Å². The first-order valence-corrected chi connectivity index (χ1v) is 5.20. The third-order valence-corrected chi connectivity index (χ3v) is 2.97. The molecule has 1 unspecified atom stereocenters. The second-order valence-corrected chi connectivity index (χ2v) is 5.29. The van der Waals surface area contributed by atoms with Crippen molar-refractivity contribution in [2.45, 2.75) is 33.1 Å². The Balaban J connectivity index is 2.53. The average molecular weight is 206 g/mol. The summed E-state index contributed by atoms with van der Waals surface area (Å²) in [6.45, 7) is 6.07. The topological polar surface area (TPSA) is 17.1 Å². The van der Waals surface area contributed by atoms with Crippen molar-refractivity contribution in [3.63, 3.8) is 0 Å². The summed E-state index contributed by atoms with van der Waals surface area (Å²) in [6.07, 6.45) is 0.456. The number of benzene rings is 1. The predicted molar refractivity (Wildman–Crippen MR) is 57.3 cm³/mol. The lowest BCUT2D eigenvalue weighted by atomic mass is 9.77. The van der Waals surface area contributed by atoms with E-state index in [9.17, 15) is 9.18 Å². The molecule has 0 bridgehead atoms. The predicted octanol–water partition coefficient (Wildman–Crippen LogP) is 3.08. The molecule has 0 radical (unpaired) electrons. The summed E-state index contributed by atoms with van der Waals surface area (Å²) in [6, 6.07) is 4.67. The number of ketones is 1. The van der Waals surface area contributed by atoms with Gasteiger partial charge >= 0.3 is 0 Å². The van der Waals surface area contributed by atoms with Gasteiger partial charge in [-0.25, -0.2) is 4.39 Å². The fourth-order valence-corrected chi connectivity index (χ4v) is 2.41. The summed E-state index contributed by atoms with van der Waals surface area (Å²) >= 11 is 0. The van der Waals surface area contributed by atoms with Crippen LogP contribution in [-0.2, 0) is 11.2 Å². The van der Waals surface area contributed by atoms with Crippen LogP contribution in [0.1, 0.15) is 37.8 Å². The Bertz CT molecular complexity index is 415. The van der Waals surface area contributed by atoms with Crippen LogP contribution in [0.15, 0.2) is 18.2 Å². The van der Waals surface area contributed by atoms with Crippen molar-refractivity contribution in [1.82, 2.24) is 0 Å². The lowest BCUT2D eigenvalue weighted by Gasteiger charge is -2.26. The molecule has 0 saturated heterocycles. The van der Waals surface area contributed by atoms with E-state index in [0.29, 0.717) is 6.42 Å². The zero-order chi connectivity index (χ0) is 11.2. The van der Waals surface area contributed by atoms with Crippen molar-refractivity contribution in [2.24, 2.45) is 5.41 Å². The zero-order valence-electron chi connectivity index (χ0n) is 9.30. The third kappa shape index (κ3) is 1.69. The molecule has 80 valence electrons. The molecule has 0 amide bonds. The van der Waals surface area contributed by atoms with E-state index < -0.39 is 0 Å². The molecule has 0 fully saturated rings. The minimum atomic E-state index is -0.252. The van der Waals surface area contributed by atoms with E-state index in [1.165, 1.54) is 12.1 Å². The van der Waals surface area contributed by atoms with Crippen molar-refractivity contribution in [2.75, 3.05) is 0 Å². The van der Waals surface area contributed by atoms with Gasteiger partial charge in [-0.15, -0.1) is 0 Å². The monoisotopic (exact) mass is 206 g/mol. The lowest BCUT2D eigenvalue weighted by molar-refractivity contribution is -0.121. The molecule has 1 aliphatic rings. The lowest BCUT2D eigenvalue weighted by Crippen LogP contribution is -2.22. The van der Waals surface area contributed by atoms with Crippen molar-refractivity contribution in [3.05, 3.63) is 35.1 Å². The first kappa shape index (κ1) is 10.3. The van der Waals surface area contributed by atoms with Crippen LogP contribution in [0.5, 0.6) is 0 Å². The smallest absolute Gasteiger partial charge is 0.145 e. The van der Waals surface area contributed by atoms with Gasteiger partial charge in [0.2, 0.25) is 0 Å². The molecule has 1 aromatic carbocycles. The molecule has 2 heteroatoms. The molecule has 2 rings (SSSR count). The number of carbonyl (C=O) groups excluding carboxylic acids is 1. The van der Waals surface area contributed by atoms with Crippen molar-refractivity contribution >= 4 is 5.78 Å². The summed E-state index contributed by atoms with van der Waals surface area (Å²) in [7, 11) is 0. The van der Waals surface area contributed by atoms with E-state index in [1.54, 1.807) is 6.07 Å². The van der Waals surface area contributed by atoms with Crippen LogP contribution >= 0.6 is 0 Å². The molecule has 1 aromatic rings. The Morgan fingerprint density at radius 1 is 1.33 bits per heavy atom. The quantitative estimate of drug-likeness (QED) is 0.637. The highest BCUT2D eigenvalue weighted by Gasteiger charge is 2.38. The van der Waals surface area contributed by atoms with Crippen LogP contribution in [0, 0.1) is 11.2 Å². The average Bonchev–Trinajstić information content (AvgIpc) is 2.38. The molecule has 0 aliphatic heterocycles. The van der Waals surface area contributed by atoms with Gasteiger partial charge in [-0.05, 0) is 28.7 Å². The SMILES string of the molecule is CC(C)(C)C1C(=O)Cc2ccc(F)cc21. The van der Waals surface area contributed by atoms with Crippen LogP contribution in [0.4, 0.5) is 4.39 Å². The summed E-state index contributed by atoms with van der Waals surface area (Å²) in [5, 5.41) is 0. The molecule has 0 spiro atoms. The van der Waals surface area contributed by atoms with Gasteiger partial charge < -0.3 is 0 Å². The minimum absolute atomic E-state index is 0.129. The van der Waals surface area contributed by atoms with Crippen LogP contribution in [-0.4, -0.2) is 5.78 Å². The van der Waals surface area contributed by atoms with Crippen molar-refractivity contribution < 1.29 is 9.18 Å². The molecular formula is C13H15FO. The fourth-order valence-electron chi connectivity index (χ4n) is 2.41. The largest absolute Gasteiger partial charge is 0.299 e. The van der Waals surface area contributed by atoms with Crippen molar-refractivity contribution in [1.29, 1.82) is 0 Å². The van der Waals surface area contributed by atoms with E-state index >= 15 is 0 Å². The van der Waals surface area contributed by atoms with E-state index in [2.05, 4.69) is 0 Å². The zero-order valence-corrected chi connectivity index (χ0v) is 9.30. The highest BCUT2D eigenvalue weighted by Crippen LogP contribution is 2.42. The first-order chi connectivity index (χ1) is 6.89. The molecule has 0 heterocycles. The van der Waals surface area contributed by atoms with E-state index in [4.69, 9.17) is 0 Å². The first-order valence-electron chi connectivity index (χ1n) is 5.20. The summed E-state index contributed by atoms with van der Waals surface area (Å²) in [5.41, 5.74) is 1.74. The van der Waals surface area contributed by atoms with Crippen LogP contribution in [0.2, 0.25) is 0 Å². The Morgan fingerprint density at radius 2 is 2.00 bits per heavy atom. The highest BCUT2D eigenvalue weighted by atomic mass is 19.1. The van der Waals surface area contributed by atoms with E-state index in [0.717, 1.165) is 11.1 Å². The maximum atomic E-state index is 13.1. The Labute approximate surface area is 89.3 Å². The molecule has 1 atom stereocenters. The summed E-state index contributed by atoms with van der Waals surface area (Å²) in [4.78, 5) is 11.9. The van der Waals surface area contributed by atoms with Gasteiger partial charge in [-0.2, -0.15) is 0 Å². The third-order valence-electron chi connectivity index (χ3n) is 2.97. The van der Waals surface area contributed by atoms with Gasteiger partial charge in [0.15, 0.2) is 0 Å².